The standard InChI is InChI=1S/C22H24ClN3O3S/c1-22(2)20-9-16(23)3-6-19(20)21(27)26(22)17-8-14(10-24-11-17)7-15-12-25(13-15)30(28,29)18-4-5-18/h3,6,8-11,15,18H,4-5,7,12-13H2,1-2H3. The van der Waals surface area contributed by atoms with Crippen LogP contribution < -0.4 is 4.90 Å². The quantitative estimate of drug-likeness (QED) is 0.705. The number of hydrogen-bond donors (Lipinski definition) is 0. The first kappa shape index (κ1) is 20.0. The SMILES string of the molecule is CC1(C)c2cc(Cl)ccc2C(=O)N1c1cncc(CC2CN(S(=O)(=O)C3CC3)C2)c1. The summed E-state index contributed by atoms with van der Waals surface area (Å²) in [6.45, 7) is 5.15. The van der Waals surface area contributed by atoms with E-state index in [1.165, 1.54) is 0 Å². The van der Waals surface area contributed by atoms with Gasteiger partial charge in [0.2, 0.25) is 10.0 Å². The summed E-state index contributed by atoms with van der Waals surface area (Å²) in [5.74, 6) is 0.227. The van der Waals surface area contributed by atoms with E-state index in [0.29, 0.717) is 23.7 Å². The zero-order valence-electron chi connectivity index (χ0n) is 17.0. The summed E-state index contributed by atoms with van der Waals surface area (Å²) in [4.78, 5) is 19.3. The molecular weight excluding hydrogens is 422 g/mol. The first-order chi connectivity index (χ1) is 14.2. The second-order valence-electron chi connectivity index (χ2n) is 9.07. The van der Waals surface area contributed by atoms with E-state index in [4.69, 9.17) is 11.6 Å². The van der Waals surface area contributed by atoms with Crippen LogP contribution in [0.4, 0.5) is 5.69 Å². The normalized spacial score (nSPS) is 21.6. The molecule has 0 spiro atoms. The fraction of sp³-hybridized carbons (Fsp3) is 0.455. The molecule has 158 valence electrons. The molecule has 1 saturated heterocycles. The average molecular weight is 446 g/mol. The summed E-state index contributed by atoms with van der Waals surface area (Å²) < 4.78 is 26.2. The number of sulfonamides is 1. The molecule has 2 aliphatic heterocycles. The molecule has 3 aliphatic rings. The molecule has 0 atom stereocenters. The summed E-state index contributed by atoms with van der Waals surface area (Å²) in [5, 5.41) is 0.459. The third kappa shape index (κ3) is 3.15. The predicted octanol–water partition coefficient (Wildman–Crippen LogP) is 3.60. The minimum atomic E-state index is -3.08. The Morgan fingerprint density at radius 2 is 1.90 bits per heavy atom. The van der Waals surface area contributed by atoms with Crippen LogP contribution >= 0.6 is 11.6 Å². The maximum atomic E-state index is 13.1. The molecule has 0 unspecified atom stereocenters. The predicted molar refractivity (Wildman–Crippen MR) is 116 cm³/mol. The van der Waals surface area contributed by atoms with Gasteiger partial charge < -0.3 is 0 Å². The smallest absolute Gasteiger partial charge is 0.259 e. The fourth-order valence-corrected chi connectivity index (χ4v) is 6.78. The van der Waals surface area contributed by atoms with Crippen molar-refractivity contribution in [2.24, 2.45) is 5.92 Å². The van der Waals surface area contributed by atoms with Gasteiger partial charge in [0.25, 0.3) is 5.91 Å². The molecule has 1 saturated carbocycles. The van der Waals surface area contributed by atoms with E-state index in [0.717, 1.165) is 36.1 Å². The lowest BCUT2D eigenvalue weighted by Gasteiger charge is -2.38. The summed E-state index contributed by atoms with van der Waals surface area (Å²) in [7, 11) is -3.08. The van der Waals surface area contributed by atoms with Crippen LogP contribution in [0.1, 0.15) is 48.2 Å². The Morgan fingerprint density at radius 3 is 2.60 bits per heavy atom. The Labute approximate surface area is 181 Å². The zero-order chi connectivity index (χ0) is 21.3. The molecular formula is C22H24ClN3O3S. The van der Waals surface area contributed by atoms with Gasteiger partial charge in [-0.15, -0.1) is 0 Å². The summed E-state index contributed by atoms with van der Waals surface area (Å²) in [6, 6.07) is 7.38. The Bertz CT molecular complexity index is 1140. The van der Waals surface area contributed by atoms with Crippen LogP contribution in [0.25, 0.3) is 0 Å². The highest BCUT2D eigenvalue weighted by molar-refractivity contribution is 7.90. The highest BCUT2D eigenvalue weighted by Gasteiger charge is 2.46. The van der Waals surface area contributed by atoms with Crippen LogP contribution in [0, 0.1) is 5.92 Å². The Hall–Kier alpha value is -1.96. The Morgan fingerprint density at radius 1 is 1.17 bits per heavy atom. The van der Waals surface area contributed by atoms with Crippen LogP contribution in [0.3, 0.4) is 0 Å². The molecule has 1 aromatic heterocycles. The number of benzene rings is 1. The second-order valence-corrected chi connectivity index (χ2v) is 11.7. The number of hydrogen-bond acceptors (Lipinski definition) is 4. The highest BCUT2D eigenvalue weighted by Crippen LogP contribution is 2.43. The number of rotatable bonds is 5. The van der Waals surface area contributed by atoms with Crippen molar-refractivity contribution in [2.45, 2.75) is 43.9 Å². The van der Waals surface area contributed by atoms with E-state index in [1.807, 2.05) is 26.0 Å². The third-order valence-electron chi connectivity index (χ3n) is 6.43. The van der Waals surface area contributed by atoms with E-state index >= 15 is 0 Å². The number of amides is 1. The third-order valence-corrected chi connectivity index (χ3v) is 8.99. The van der Waals surface area contributed by atoms with Gasteiger partial charge in [-0.1, -0.05) is 11.6 Å². The Kier molecular flexibility index (Phi) is 4.51. The maximum absolute atomic E-state index is 13.1. The molecule has 0 radical (unpaired) electrons. The van der Waals surface area contributed by atoms with Crippen molar-refractivity contribution in [1.82, 2.24) is 9.29 Å². The zero-order valence-corrected chi connectivity index (χ0v) is 18.6. The van der Waals surface area contributed by atoms with Gasteiger partial charge in [-0.2, -0.15) is 0 Å². The van der Waals surface area contributed by atoms with Crippen LogP contribution in [-0.2, 0) is 22.0 Å². The van der Waals surface area contributed by atoms with Crippen molar-refractivity contribution < 1.29 is 13.2 Å². The molecule has 1 aliphatic carbocycles. The number of pyridine rings is 1. The Balaban J connectivity index is 1.34. The molecule has 30 heavy (non-hydrogen) atoms. The number of nitrogens with zero attached hydrogens (tertiary/aromatic N) is 3. The lowest BCUT2D eigenvalue weighted by molar-refractivity contribution is 0.0982. The van der Waals surface area contributed by atoms with Gasteiger partial charge in [0.1, 0.15) is 0 Å². The van der Waals surface area contributed by atoms with Gasteiger partial charge in [-0.3, -0.25) is 14.7 Å². The van der Waals surface area contributed by atoms with Crippen molar-refractivity contribution in [2.75, 3.05) is 18.0 Å². The van der Waals surface area contributed by atoms with E-state index < -0.39 is 15.6 Å². The molecule has 0 bridgehead atoms. The van der Waals surface area contributed by atoms with Crippen molar-refractivity contribution in [1.29, 1.82) is 0 Å². The molecule has 6 nitrogen and oxygen atoms in total. The van der Waals surface area contributed by atoms with Crippen LogP contribution in [0.5, 0.6) is 0 Å². The molecule has 1 amide bonds. The van der Waals surface area contributed by atoms with Crippen molar-refractivity contribution in [3.63, 3.8) is 0 Å². The number of carbonyl (C=O) groups excluding carboxylic acids is 1. The van der Waals surface area contributed by atoms with Crippen molar-refractivity contribution in [3.05, 3.63) is 58.4 Å². The lowest BCUT2D eigenvalue weighted by atomic mass is 9.93. The highest BCUT2D eigenvalue weighted by atomic mass is 35.5. The van der Waals surface area contributed by atoms with E-state index in [1.54, 1.807) is 33.7 Å². The first-order valence-electron chi connectivity index (χ1n) is 10.3. The van der Waals surface area contributed by atoms with Gasteiger partial charge in [-0.25, -0.2) is 12.7 Å². The molecule has 8 heteroatoms. The van der Waals surface area contributed by atoms with Gasteiger partial charge in [0.15, 0.2) is 0 Å². The molecule has 5 rings (SSSR count). The van der Waals surface area contributed by atoms with E-state index in [2.05, 4.69) is 4.98 Å². The van der Waals surface area contributed by atoms with E-state index in [-0.39, 0.29) is 17.1 Å². The number of anilines is 1. The lowest BCUT2D eigenvalue weighted by Crippen LogP contribution is -2.51. The minimum Gasteiger partial charge on any atom is -0.297 e. The molecule has 3 heterocycles. The van der Waals surface area contributed by atoms with Gasteiger partial charge in [0.05, 0.1) is 22.7 Å². The number of halogens is 1. The van der Waals surface area contributed by atoms with Crippen LogP contribution in [-0.4, -0.2) is 42.0 Å². The summed E-state index contributed by atoms with van der Waals surface area (Å²) >= 11 is 6.18. The number of aromatic nitrogens is 1. The maximum Gasteiger partial charge on any atom is 0.259 e. The monoisotopic (exact) mass is 445 g/mol. The second kappa shape index (κ2) is 6.77. The molecule has 2 fully saturated rings. The van der Waals surface area contributed by atoms with E-state index in [9.17, 15) is 13.2 Å². The molecule has 1 aromatic carbocycles. The van der Waals surface area contributed by atoms with Gasteiger partial charge in [-0.05, 0) is 74.4 Å². The molecule has 0 N–H and O–H groups in total. The number of carbonyl (C=O) groups is 1. The van der Waals surface area contributed by atoms with Gasteiger partial charge >= 0.3 is 0 Å². The summed E-state index contributed by atoms with van der Waals surface area (Å²) in [6.07, 6.45) is 5.85. The van der Waals surface area contributed by atoms with Crippen molar-refractivity contribution in [3.8, 4) is 0 Å². The van der Waals surface area contributed by atoms with Gasteiger partial charge in [0, 0.05) is 29.9 Å². The van der Waals surface area contributed by atoms with Crippen molar-refractivity contribution >= 4 is 33.2 Å². The number of fused-ring (bicyclic) bond motifs is 1. The largest absolute Gasteiger partial charge is 0.297 e. The molecule has 2 aromatic rings. The minimum absolute atomic E-state index is 0.0593. The van der Waals surface area contributed by atoms with Crippen LogP contribution in [0.2, 0.25) is 5.02 Å². The fourth-order valence-electron chi connectivity index (χ4n) is 4.62. The topological polar surface area (TPSA) is 70.6 Å². The van der Waals surface area contributed by atoms with Crippen LogP contribution in [0.15, 0.2) is 36.7 Å². The first-order valence-corrected chi connectivity index (χ1v) is 12.1. The summed E-state index contributed by atoms with van der Waals surface area (Å²) in [5.41, 5.74) is 2.79. The average Bonchev–Trinajstić information content (AvgIpc) is 3.47.